The van der Waals surface area contributed by atoms with Gasteiger partial charge in [0.25, 0.3) is 5.69 Å². The van der Waals surface area contributed by atoms with E-state index in [9.17, 15) is 20.0 Å². The van der Waals surface area contributed by atoms with Crippen molar-refractivity contribution in [2.24, 2.45) is 0 Å². The number of hydrogen-bond acceptors (Lipinski definition) is 4. The summed E-state index contributed by atoms with van der Waals surface area (Å²) in [5.74, 6) is -1.18. The lowest BCUT2D eigenvalue weighted by Crippen LogP contribution is -2.04. The van der Waals surface area contributed by atoms with Crippen molar-refractivity contribution in [2.45, 2.75) is 0 Å². The second-order valence-electron chi connectivity index (χ2n) is 5.06. The fourth-order valence-corrected chi connectivity index (χ4v) is 2.68. The molecule has 2 N–H and O–H groups in total. The monoisotopic (exact) mass is 342 g/mol. The summed E-state index contributed by atoms with van der Waals surface area (Å²) >= 11 is 6.17. The summed E-state index contributed by atoms with van der Waals surface area (Å²) in [6.07, 6.45) is 0. The van der Waals surface area contributed by atoms with Gasteiger partial charge >= 0.3 is 5.97 Å². The molecule has 0 aliphatic rings. The summed E-state index contributed by atoms with van der Waals surface area (Å²) in [4.78, 5) is 21.8. The molecule has 24 heavy (non-hydrogen) atoms. The fraction of sp³-hybridized carbons (Fsp3) is 0. The zero-order valence-electron chi connectivity index (χ0n) is 12.2. The van der Waals surface area contributed by atoms with E-state index in [4.69, 9.17) is 11.6 Å². The molecule has 3 aromatic carbocycles. The highest BCUT2D eigenvalue weighted by Gasteiger charge is 2.16. The molecule has 0 atom stereocenters. The van der Waals surface area contributed by atoms with Crippen molar-refractivity contribution in [3.63, 3.8) is 0 Å². The van der Waals surface area contributed by atoms with E-state index in [2.05, 4.69) is 5.32 Å². The van der Waals surface area contributed by atoms with E-state index >= 15 is 0 Å². The molecule has 3 aromatic rings. The van der Waals surface area contributed by atoms with Gasteiger partial charge < -0.3 is 10.4 Å². The molecule has 0 radical (unpaired) electrons. The van der Waals surface area contributed by atoms with Crippen molar-refractivity contribution >= 4 is 45.4 Å². The van der Waals surface area contributed by atoms with Gasteiger partial charge in [-0.25, -0.2) is 4.79 Å². The first-order chi connectivity index (χ1) is 11.5. The standard InChI is InChI=1S/C17H11ClN2O4/c18-14-7-8-15(12-4-2-1-3-11(12)14)19-16-9-10(20(23)24)5-6-13(16)17(21)22/h1-9,19H,(H,21,22). The number of carbonyl (C=O) groups is 1. The van der Waals surface area contributed by atoms with Crippen LogP contribution in [0, 0.1) is 10.1 Å². The van der Waals surface area contributed by atoms with Gasteiger partial charge in [0, 0.05) is 33.6 Å². The fourth-order valence-electron chi connectivity index (χ4n) is 2.45. The molecular formula is C17H11ClN2O4. The Morgan fingerprint density at radius 3 is 2.42 bits per heavy atom. The molecule has 0 unspecified atom stereocenters. The SMILES string of the molecule is O=C(O)c1ccc([N+](=O)[O-])cc1Nc1ccc(Cl)c2ccccc12. The van der Waals surface area contributed by atoms with E-state index in [0.29, 0.717) is 10.7 Å². The maximum absolute atomic E-state index is 11.4. The van der Waals surface area contributed by atoms with Gasteiger partial charge in [-0.05, 0) is 18.2 Å². The third-order valence-corrected chi connectivity index (χ3v) is 3.91. The summed E-state index contributed by atoms with van der Waals surface area (Å²) in [7, 11) is 0. The predicted molar refractivity (Wildman–Crippen MR) is 92.3 cm³/mol. The van der Waals surface area contributed by atoms with Crippen LogP contribution in [0.4, 0.5) is 17.1 Å². The van der Waals surface area contributed by atoms with Crippen LogP contribution in [0.2, 0.25) is 5.02 Å². The second-order valence-corrected chi connectivity index (χ2v) is 5.46. The van der Waals surface area contributed by atoms with Gasteiger partial charge in [0.15, 0.2) is 0 Å². The smallest absolute Gasteiger partial charge is 0.337 e. The Hall–Kier alpha value is -3.12. The lowest BCUT2D eigenvalue weighted by Gasteiger charge is -2.13. The van der Waals surface area contributed by atoms with Crippen LogP contribution in [0.3, 0.4) is 0 Å². The van der Waals surface area contributed by atoms with Crippen LogP contribution in [0.1, 0.15) is 10.4 Å². The normalized spacial score (nSPS) is 10.5. The number of non-ortho nitro benzene ring substituents is 1. The summed E-state index contributed by atoms with van der Waals surface area (Å²) < 4.78 is 0. The topological polar surface area (TPSA) is 92.5 Å². The molecule has 7 heteroatoms. The highest BCUT2D eigenvalue weighted by Crippen LogP contribution is 2.33. The first kappa shape index (κ1) is 15.8. The van der Waals surface area contributed by atoms with Gasteiger partial charge in [0.05, 0.1) is 16.2 Å². The average molecular weight is 343 g/mol. The third kappa shape index (κ3) is 2.87. The van der Waals surface area contributed by atoms with E-state index < -0.39 is 10.9 Å². The number of fused-ring (bicyclic) bond motifs is 1. The minimum absolute atomic E-state index is 0.0559. The van der Waals surface area contributed by atoms with Gasteiger partial charge in [0.2, 0.25) is 0 Å². The summed E-state index contributed by atoms with van der Waals surface area (Å²) in [6.45, 7) is 0. The average Bonchev–Trinajstić information content (AvgIpc) is 2.57. The van der Waals surface area contributed by atoms with Gasteiger partial charge in [-0.15, -0.1) is 0 Å². The zero-order valence-corrected chi connectivity index (χ0v) is 12.9. The molecule has 0 saturated carbocycles. The number of nitrogens with zero attached hydrogens (tertiary/aromatic N) is 1. The molecule has 0 bridgehead atoms. The third-order valence-electron chi connectivity index (χ3n) is 3.58. The highest BCUT2D eigenvalue weighted by molar-refractivity contribution is 6.36. The van der Waals surface area contributed by atoms with Crippen LogP contribution in [0.15, 0.2) is 54.6 Å². The number of benzene rings is 3. The Balaban J connectivity index is 2.15. The number of rotatable bonds is 4. The van der Waals surface area contributed by atoms with E-state index in [-0.39, 0.29) is 16.9 Å². The van der Waals surface area contributed by atoms with Crippen molar-refractivity contribution in [3.05, 3.63) is 75.3 Å². The van der Waals surface area contributed by atoms with E-state index in [1.54, 1.807) is 12.1 Å². The largest absolute Gasteiger partial charge is 0.478 e. The number of carboxylic acids is 1. The number of aromatic carboxylic acids is 1. The van der Waals surface area contributed by atoms with Crippen LogP contribution in [-0.4, -0.2) is 16.0 Å². The van der Waals surface area contributed by atoms with Crippen LogP contribution in [0.5, 0.6) is 0 Å². The lowest BCUT2D eigenvalue weighted by atomic mass is 10.1. The van der Waals surface area contributed by atoms with Crippen LogP contribution in [0.25, 0.3) is 10.8 Å². The molecule has 3 rings (SSSR count). The number of nitrogens with one attached hydrogen (secondary N) is 1. The predicted octanol–water partition coefficient (Wildman–Crippen LogP) is 4.84. The van der Waals surface area contributed by atoms with Crippen molar-refractivity contribution in [3.8, 4) is 0 Å². The number of nitro benzene ring substituents is 1. The Labute approximate surface area is 141 Å². The minimum Gasteiger partial charge on any atom is -0.478 e. The minimum atomic E-state index is -1.18. The summed E-state index contributed by atoms with van der Waals surface area (Å²) in [6, 6.07) is 14.3. The quantitative estimate of drug-likeness (QED) is 0.522. The van der Waals surface area contributed by atoms with Crippen LogP contribution < -0.4 is 5.32 Å². The molecule has 0 amide bonds. The number of hydrogen-bond donors (Lipinski definition) is 2. The first-order valence-electron chi connectivity index (χ1n) is 6.93. The highest BCUT2D eigenvalue weighted by atomic mass is 35.5. The second kappa shape index (κ2) is 6.17. The Kier molecular flexibility index (Phi) is 4.05. The summed E-state index contributed by atoms with van der Waals surface area (Å²) in [5.41, 5.74) is 0.502. The maximum atomic E-state index is 11.4. The van der Waals surface area contributed by atoms with Crippen molar-refractivity contribution in [1.29, 1.82) is 0 Å². The molecular weight excluding hydrogens is 332 g/mol. The van der Waals surface area contributed by atoms with E-state index in [1.807, 2.05) is 24.3 Å². The molecule has 0 saturated heterocycles. The Bertz CT molecular complexity index is 972. The molecule has 120 valence electrons. The first-order valence-corrected chi connectivity index (χ1v) is 7.31. The van der Waals surface area contributed by atoms with E-state index in [1.165, 1.54) is 12.1 Å². The van der Waals surface area contributed by atoms with E-state index in [0.717, 1.165) is 16.8 Å². The molecule has 0 aromatic heterocycles. The molecule has 0 aliphatic carbocycles. The summed E-state index contributed by atoms with van der Waals surface area (Å²) in [5, 5.41) is 25.4. The molecule has 0 aliphatic heterocycles. The Morgan fingerprint density at radius 2 is 1.75 bits per heavy atom. The van der Waals surface area contributed by atoms with Gasteiger partial charge in [-0.3, -0.25) is 10.1 Å². The van der Waals surface area contributed by atoms with Gasteiger partial charge in [-0.2, -0.15) is 0 Å². The van der Waals surface area contributed by atoms with Crippen LogP contribution >= 0.6 is 11.6 Å². The molecule has 0 fully saturated rings. The number of nitro groups is 1. The molecule has 0 heterocycles. The maximum Gasteiger partial charge on any atom is 0.337 e. The molecule has 0 spiro atoms. The van der Waals surface area contributed by atoms with Gasteiger partial charge in [0.1, 0.15) is 0 Å². The Morgan fingerprint density at radius 1 is 1.04 bits per heavy atom. The number of carboxylic acid groups (broad SMARTS) is 1. The van der Waals surface area contributed by atoms with Crippen molar-refractivity contribution in [2.75, 3.05) is 5.32 Å². The lowest BCUT2D eigenvalue weighted by molar-refractivity contribution is -0.384. The van der Waals surface area contributed by atoms with Gasteiger partial charge in [-0.1, -0.05) is 35.9 Å². The number of anilines is 2. The zero-order chi connectivity index (χ0) is 17.3. The number of halogens is 1. The van der Waals surface area contributed by atoms with Crippen molar-refractivity contribution in [1.82, 2.24) is 0 Å². The molecule has 6 nitrogen and oxygen atoms in total. The van der Waals surface area contributed by atoms with Crippen LogP contribution in [-0.2, 0) is 0 Å². The van der Waals surface area contributed by atoms with Crippen molar-refractivity contribution < 1.29 is 14.8 Å².